The average Bonchev–Trinajstić information content (AvgIpc) is 2.64. The van der Waals surface area contributed by atoms with Crippen molar-refractivity contribution in [2.45, 2.75) is 38.5 Å². The lowest BCUT2D eigenvalue weighted by atomic mass is 9.78. The molecule has 0 N–H and O–H groups in total. The number of allylic oxidation sites excluding steroid dienone is 2. The monoisotopic (exact) mass is 318 g/mol. The Morgan fingerprint density at radius 1 is 0.625 bits per heavy atom. The second-order valence-corrected chi connectivity index (χ2v) is 6.63. The third-order valence-corrected chi connectivity index (χ3v) is 4.83. The first-order chi connectivity index (χ1) is 11.8. The van der Waals surface area contributed by atoms with Gasteiger partial charge in [-0.2, -0.15) is 0 Å². The molecule has 0 bridgehead atoms. The molecule has 0 amide bonds. The third-order valence-electron chi connectivity index (χ3n) is 4.83. The molecule has 0 saturated carbocycles. The fourth-order valence-corrected chi connectivity index (χ4v) is 3.51. The number of hydrogen-bond donors (Lipinski definition) is 0. The first-order valence-electron chi connectivity index (χ1n) is 9.13. The fourth-order valence-electron chi connectivity index (χ4n) is 3.51. The van der Waals surface area contributed by atoms with Crippen LogP contribution in [0.3, 0.4) is 0 Å². The smallest absolute Gasteiger partial charge is 0.0248 e. The Balaban J connectivity index is 2.14. The molecule has 0 unspecified atom stereocenters. The molecule has 24 heavy (non-hydrogen) atoms. The molecule has 0 saturated heterocycles. The summed E-state index contributed by atoms with van der Waals surface area (Å²) in [6, 6.07) is 21.8. The molecule has 0 radical (unpaired) electrons. The minimum Gasteiger partial charge on any atom is -0.103 e. The Morgan fingerprint density at radius 2 is 1.00 bits per heavy atom. The Labute approximate surface area is 147 Å². The van der Waals surface area contributed by atoms with Gasteiger partial charge in [0.2, 0.25) is 0 Å². The molecule has 0 heterocycles. The van der Waals surface area contributed by atoms with Gasteiger partial charge >= 0.3 is 0 Å². The van der Waals surface area contributed by atoms with Crippen molar-refractivity contribution >= 4 is 0 Å². The molecule has 0 aliphatic heterocycles. The molecule has 0 heteroatoms. The first kappa shape index (κ1) is 18.3. The Hall–Kier alpha value is -2.08. The van der Waals surface area contributed by atoms with Crippen LogP contribution in [0.4, 0.5) is 0 Å². The summed E-state index contributed by atoms with van der Waals surface area (Å²) < 4.78 is 0. The maximum absolute atomic E-state index is 3.93. The van der Waals surface area contributed by atoms with Crippen LogP contribution >= 0.6 is 0 Å². The zero-order valence-corrected chi connectivity index (χ0v) is 14.7. The minimum absolute atomic E-state index is 0.686. The van der Waals surface area contributed by atoms with Crippen molar-refractivity contribution in [2.24, 2.45) is 11.8 Å². The standard InChI is InChI=1S/C24H30/c1-3-5-17-23(19-21-13-9-7-10-14-21)24(18-6-4-2)20-22-15-11-8-12-16-22/h3-4,7-16,23-24H,1-2,5-6,17-20H2/t23-,24-/m0/s1. The van der Waals surface area contributed by atoms with Crippen molar-refractivity contribution in [3.63, 3.8) is 0 Å². The lowest BCUT2D eigenvalue weighted by Crippen LogP contribution is -2.20. The van der Waals surface area contributed by atoms with Crippen LogP contribution < -0.4 is 0 Å². The second-order valence-electron chi connectivity index (χ2n) is 6.63. The van der Waals surface area contributed by atoms with E-state index < -0.39 is 0 Å². The van der Waals surface area contributed by atoms with Crippen LogP contribution in [0.1, 0.15) is 36.8 Å². The van der Waals surface area contributed by atoms with Gasteiger partial charge in [-0.3, -0.25) is 0 Å². The van der Waals surface area contributed by atoms with Crippen LogP contribution in [0, 0.1) is 11.8 Å². The molecule has 0 spiro atoms. The molecule has 0 fully saturated rings. The second kappa shape index (κ2) is 10.6. The number of hydrogen-bond acceptors (Lipinski definition) is 0. The van der Waals surface area contributed by atoms with Gasteiger partial charge < -0.3 is 0 Å². The van der Waals surface area contributed by atoms with Crippen molar-refractivity contribution in [1.29, 1.82) is 0 Å². The van der Waals surface area contributed by atoms with Crippen LogP contribution in [-0.2, 0) is 12.8 Å². The summed E-state index contributed by atoms with van der Waals surface area (Å²) in [5.74, 6) is 1.37. The Morgan fingerprint density at radius 3 is 1.33 bits per heavy atom. The number of rotatable bonds is 11. The molecule has 2 aromatic rings. The zero-order chi connectivity index (χ0) is 17.0. The van der Waals surface area contributed by atoms with Gasteiger partial charge in [0.05, 0.1) is 0 Å². The van der Waals surface area contributed by atoms with E-state index in [1.54, 1.807) is 0 Å². The largest absolute Gasteiger partial charge is 0.103 e. The van der Waals surface area contributed by atoms with Crippen LogP contribution in [0.25, 0.3) is 0 Å². The van der Waals surface area contributed by atoms with Crippen LogP contribution in [0.2, 0.25) is 0 Å². The molecular formula is C24H30. The number of benzene rings is 2. The van der Waals surface area contributed by atoms with Crippen molar-refractivity contribution in [3.8, 4) is 0 Å². The molecular weight excluding hydrogens is 288 g/mol. The fraction of sp³-hybridized carbons (Fsp3) is 0.333. The van der Waals surface area contributed by atoms with E-state index in [9.17, 15) is 0 Å². The summed E-state index contributed by atoms with van der Waals surface area (Å²) in [5.41, 5.74) is 2.89. The maximum Gasteiger partial charge on any atom is -0.0248 e. The van der Waals surface area contributed by atoms with Crippen LogP contribution in [-0.4, -0.2) is 0 Å². The van der Waals surface area contributed by atoms with Crippen LogP contribution in [0.5, 0.6) is 0 Å². The summed E-state index contributed by atoms with van der Waals surface area (Å²) in [7, 11) is 0. The van der Waals surface area contributed by atoms with E-state index in [1.165, 1.54) is 24.0 Å². The van der Waals surface area contributed by atoms with E-state index >= 15 is 0 Å². The van der Waals surface area contributed by atoms with Gasteiger partial charge in [-0.05, 0) is 61.5 Å². The molecule has 0 aliphatic rings. The van der Waals surface area contributed by atoms with Crippen molar-refractivity contribution in [1.82, 2.24) is 0 Å². The van der Waals surface area contributed by atoms with Crippen molar-refractivity contribution < 1.29 is 0 Å². The van der Waals surface area contributed by atoms with Crippen molar-refractivity contribution in [3.05, 3.63) is 97.1 Å². The van der Waals surface area contributed by atoms with Gasteiger partial charge in [0.15, 0.2) is 0 Å². The molecule has 2 aromatic carbocycles. The normalized spacial score (nSPS) is 13.2. The predicted octanol–water partition coefficient (Wildman–Crippen LogP) is 6.64. The molecule has 2 atom stereocenters. The Bertz CT molecular complexity index is 526. The summed E-state index contributed by atoms with van der Waals surface area (Å²) >= 11 is 0. The molecule has 0 aromatic heterocycles. The minimum atomic E-state index is 0.686. The summed E-state index contributed by atoms with van der Waals surface area (Å²) in [5, 5.41) is 0. The van der Waals surface area contributed by atoms with E-state index in [1.807, 2.05) is 0 Å². The summed E-state index contributed by atoms with van der Waals surface area (Å²) in [6.07, 6.45) is 11.1. The van der Waals surface area contributed by atoms with Gasteiger partial charge in [-0.15, -0.1) is 13.2 Å². The predicted molar refractivity (Wildman–Crippen MR) is 106 cm³/mol. The lowest BCUT2D eigenvalue weighted by Gasteiger charge is -2.27. The molecule has 126 valence electrons. The van der Waals surface area contributed by atoms with Gasteiger partial charge in [-0.25, -0.2) is 0 Å². The van der Waals surface area contributed by atoms with E-state index in [2.05, 4.69) is 86.0 Å². The van der Waals surface area contributed by atoms with Crippen LogP contribution in [0.15, 0.2) is 86.0 Å². The van der Waals surface area contributed by atoms with E-state index in [0.717, 1.165) is 25.7 Å². The van der Waals surface area contributed by atoms with Gasteiger partial charge in [0.25, 0.3) is 0 Å². The van der Waals surface area contributed by atoms with Gasteiger partial charge in [-0.1, -0.05) is 72.8 Å². The molecule has 2 rings (SSSR count). The van der Waals surface area contributed by atoms with E-state index in [-0.39, 0.29) is 0 Å². The molecule has 0 nitrogen and oxygen atoms in total. The van der Waals surface area contributed by atoms with E-state index in [0.29, 0.717) is 11.8 Å². The van der Waals surface area contributed by atoms with Crippen molar-refractivity contribution in [2.75, 3.05) is 0 Å². The topological polar surface area (TPSA) is 0 Å². The van der Waals surface area contributed by atoms with E-state index in [4.69, 9.17) is 0 Å². The van der Waals surface area contributed by atoms with Gasteiger partial charge in [0.1, 0.15) is 0 Å². The summed E-state index contributed by atoms with van der Waals surface area (Å²) in [6.45, 7) is 7.86. The highest BCUT2D eigenvalue weighted by atomic mass is 14.3. The van der Waals surface area contributed by atoms with Gasteiger partial charge in [0, 0.05) is 0 Å². The highest BCUT2D eigenvalue weighted by molar-refractivity contribution is 5.18. The lowest BCUT2D eigenvalue weighted by molar-refractivity contribution is 0.293. The first-order valence-corrected chi connectivity index (χ1v) is 9.13. The highest BCUT2D eigenvalue weighted by Gasteiger charge is 2.21. The zero-order valence-electron chi connectivity index (χ0n) is 14.7. The quantitative estimate of drug-likeness (QED) is 0.407. The Kier molecular flexibility index (Phi) is 8.10. The average molecular weight is 319 g/mol. The summed E-state index contributed by atoms with van der Waals surface area (Å²) in [4.78, 5) is 0. The highest BCUT2D eigenvalue weighted by Crippen LogP contribution is 2.30. The SMILES string of the molecule is C=CCC[C@@H](Cc1ccccc1)[C@@H](CCC=C)Cc1ccccc1. The molecule has 0 aliphatic carbocycles. The third kappa shape index (κ3) is 6.20. The maximum atomic E-state index is 3.93.